The van der Waals surface area contributed by atoms with Crippen LogP contribution in [0.4, 0.5) is 0 Å². The molecule has 3 heterocycles. The minimum absolute atomic E-state index is 0.00705. The van der Waals surface area contributed by atoms with Crippen LogP contribution < -0.4 is 10.3 Å². The fraction of sp³-hybridized carbons (Fsp3) is 0.154. The number of hydrogen-bond donors (Lipinski definition) is 0. The van der Waals surface area contributed by atoms with Crippen LogP contribution >= 0.6 is 11.8 Å². The second-order valence-electron chi connectivity index (χ2n) is 8.24. The number of para-hydroxylation sites is 1. The van der Waals surface area contributed by atoms with Crippen LogP contribution in [0.25, 0.3) is 22.4 Å². The minimum Gasteiger partial charge on any atom is -0.493 e. The third-order valence-corrected chi connectivity index (χ3v) is 6.96. The molecule has 0 N–H and O–H groups in total. The maximum absolute atomic E-state index is 13.4. The summed E-state index contributed by atoms with van der Waals surface area (Å²) in [7, 11) is 0. The van der Waals surface area contributed by atoms with Gasteiger partial charge in [-0.2, -0.15) is 0 Å². The number of Topliss-reactive ketones (excluding diaryl/α,β-unsaturated/α-hetero) is 1. The first-order valence-electron chi connectivity index (χ1n) is 11.0. The molecule has 0 spiro atoms. The summed E-state index contributed by atoms with van der Waals surface area (Å²) < 4.78 is 8.96. The van der Waals surface area contributed by atoms with Crippen molar-refractivity contribution in [3.8, 4) is 11.4 Å². The van der Waals surface area contributed by atoms with E-state index in [1.54, 1.807) is 16.7 Å². The molecule has 0 radical (unpaired) electrons. The topological polar surface area (TPSA) is 78.5 Å². The highest BCUT2D eigenvalue weighted by Gasteiger charge is 2.20. The number of carbonyl (C=O) groups excluding carboxylic acids is 1. The van der Waals surface area contributed by atoms with Crippen LogP contribution in [0, 0.1) is 6.92 Å². The Morgan fingerprint density at radius 1 is 1.06 bits per heavy atom. The second-order valence-corrected chi connectivity index (χ2v) is 9.19. The number of thioether (sulfide) groups is 1. The summed E-state index contributed by atoms with van der Waals surface area (Å²) in [6.45, 7) is 2.66. The lowest BCUT2D eigenvalue weighted by Crippen LogP contribution is -2.21. The monoisotopic (exact) mass is 468 g/mol. The number of aromatic nitrogens is 4. The summed E-state index contributed by atoms with van der Waals surface area (Å²) in [5.41, 5.74) is 4.09. The zero-order valence-corrected chi connectivity index (χ0v) is 19.2. The first-order chi connectivity index (χ1) is 16.6. The Hall–Kier alpha value is -3.91. The number of fused-ring (bicyclic) bond motifs is 4. The van der Waals surface area contributed by atoms with Gasteiger partial charge < -0.3 is 4.74 Å². The van der Waals surface area contributed by atoms with E-state index in [0.29, 0.717) is 39.7 Å². The number of ether oxygens (including phenoxy) is 1. The van der Waals surface area contributed by atoms with E-state index in [0.717, 1.165) is 23.3 Å². The summed E-state index contributed by atoms with van der Waals surface area (Å²) in [6, 6.07) is 20.7. The van der Waals surface area contributed by atoms with Crippen molar-refractivity contribution in [2.75, 3.05) is 12.4 Å². The average molecular weight is 469 g/mol. The SMILES string of the molecule is Cc1ccc(-n2c(=O)c3ccccc3n3c(SCC(=O)c4ccc5c(c4)CCO5)nnc23)cc1. The lowest BCUT2D eigenvalue weighted by atomic mass is 10.1. The molecule has 34 heavy (non-hydrogen) atoms. The van der Waals surface area contributed by atoms with Crippen LogP contribution in [0.1, 0.15) is 21.5 Å². The predicted molar refractivity (Wildman–Crippen MR) is 132 cm³/mol. The molecule has 5 aromatic rings. The van der Waals surface area contributed by atoms with Gasteiger partial charge in [-0.1, -0.05) is 41.6 Å². The smallest absolute Gasteiger partial charge is 0.267 e. The highest BCUT2D eigenvalue weighted by molar-refractivity contribution is 7.99. The normalized spacial score (nSPS) is 12.7. The minimum atomic E-state index is -0.160. The van der Waals surface area contributed by atoms with Crippen molar-refractivity contribution in [3.63, 3.8) is 0 Å². The molecule has 1 aliphatic rings. The number of rotatable bonds is 5. The van der Waals surface area contributed by atoms with Crippen LogP contribution in [-0.4, -0.2) is 37.3 Å². The van der Waals surface area contributed by atoms with E-state index in [4.69, 9.17) is 4.74 Å². The number of hydrogen-bond acceptors (Lipinski definition) is 6. The third kappa shape index (κ3) is 3.38. The van der Waals surface area contributed by atoms with Gasteiger partial charge in [0.2, 0.25) is 5.78 Å². The molecule has 8 heteroatoms. The summed E-state index contributed by atoms with van der Waals surface area (Å²) in [5.74, 6) is 1.48. The Bertz CT molecular complexity index is 1640. The zero-order valence-electron chi connectivity index (χ0n) is 18.4. The van der Waals surface area contributed by atoms with Gasteiger partial charge in [0.25, 0.3) is 5.56 Å². The van der Waals surface area contributed by atoms with Crippen molar-refractivity contribution >= 4 is 34.2 Å². The number of nitrogens with zero attached hydrogens (tertiary/aromatic N) is 4. The molecule has 0 saturated heterocycles. The van der Waals surface area contributed by atoms with Crippen molar-refractivity contribution in [2.24, 2.45) is 0 Å². The van der Waals surface area contributed by atoms with E-state index >= 15 is 0 Å². The lowest BCUT2D eigenvalue weighted by molar-refractivity contribution is 0.102. The van der Waals surface area contributed by atoms with E-state index in [1.807, 2.05) is 65.9 Å². The molecule has 0 saturated carbocycles. The molecule has 0 atom stereocenters. The van der Waals surface area contributed by atoms with Crippen LogP contribution in [0.15, 0.2) is 76.7 Å². The van der Waals surface area contributed by atoms with Crippen molar-refractivity contribution in [1.82, 2.24) is 19.2 Å². The first-order valence-corrected chi connectivity index (χ1v) is 12.0. The quantitative estimate of drug-likeness (QED) is 0.283. The number of benzene rings is 3. The number of aryl methyl sites for hydroxylation is 1. The van der Waals surface area contributed by atoms with E-state index in [2.05, 4.69) is 10.2 Å². The highest BCUT2D eigenvalue weighted by Crippen LogP contribution is 2.28. The molecule has 0 fully saturated rings. The van der Waals surface area contributed by atoms with E-state index in [1.165, 1.54) is 11.8 Å². The van der Waals surface area contributed by atoms with Crippen LogP contribution in [0.3, 0.4) is 0 Å². The zero-order chi connectivity index (χ0) is 23.2. The summed E-state index contributed by atoms with van der Waals surface area (Å²) in [4.78, 5) is 26.3. The molecule has 0 aliphatic carbocycles. The lowest BCUT2D eigenvalue weighted by Gasteiger charge is -2.11. The summed E-state index contributed by atoms with van der Waals surface area (Å²) >= 11 is 1.31. The van der Waals surface area contributed by atoms with Gasteiger partial charge in [0, 0.05) is 12.0 Å². The number of ketones is 1. The standard InChI is InChI=1S/C26H20N4O3S/c1-16-6-9-19(10-7-16)29-24(32)20-4-2-3-5-21(20)30-25(29)27-28-26(30)34-15-22(31)17-8-11-23-18(14-17)12-13-33-23/h2-11,14H,12-13,15H2,1H3. The third-order valence-electron chi connectivity index (χ3n) is 6.03. The maximum atomic E-state index is 13.4. The van der Waals surface area contributed by atoms with Gasteiger partial charge in [-0.05, 0) is 55.0 Å². The average Bonchev–Trinajstić information content (AvgIpc) is 3.50. The summed E-state index contributed by atoms with van der Waals surface area (Å²) in [5, 5.41) is 9.83. The van der Waals surface area contributed by atoms with Gasteiger partial charge in [-0.3, -0.25) is 14.0 Å². The Labute approximate surface area is 199 Å². The fourth-order valence-electron chi connectivity index (χ4n) is 4.27. The molecule has 6 rings (SSSR count). The van der Waals surface area contributed by atoms with Gasteiger partial charge in [0.05, 0.1) is 29.0 Å². The van der Waals surface area contributed by atoms with Gasteiger partial charge >= 0.3 is 0 Å². The van der Waals surface area contributed by atoms with Gasteiger partial charge in [-0.15, -0.1) is 10.2 Å². The molecule has 0 bridgehead atoms. The molecule has 2 aromatic heterocycles. The predicted octanol–water partition coefficient (Wildman–Crippen LogP) is 4.25. The molecule has 0 unspecified atom stereocenters. The Morgan fingerprint density at radius 2 is 1.88 bits per heavy atom. The van der Waals surface area contributed by atoms with E-state index < -0.39 is 0 Å². The highest BCUT2D eigenvalue weighted by atomic mass is 32.2. The number of carbonyl (C=O) groups is 1. The van der Waals surface area contributed by atoms with Crippen LogP contribution in [0.5, 0.6) is 5.75 Å². The fourth-order valence-corrected chi connectivity index (χ4v) is 5.11. The molecule has 7 nitrogen and oxygen atoms in total. The molecule has 1 aliphatic heterocycles. The molecule has 0 amide bonds. The molecule has 168 valence electrons. The largest absolute Gasteiger partial charge is 0.493 e. The van der Waals surface area contributed by atoms with Crippen molar-refractivity contribution < 1.29 is 9.53 Å². The Kier molecular flexibility index (Phi) is 4.95. The van der Waals surface area contributed by atoms with Crippen LogP contribution in [-0.2, 0) is 6.42 Å². The Morgan fingerprint density at radius 3 is 2.74 bits per heavy atom. The first kappa shape index (κ1) is 20.7. The van der Waals surface area contributed by atoms with E-state index in [9.17, 15) is 9.59 Å². The molecular weight excluding hydrogens is 448 g/mol. The molecular formula is C26H20N4O3S. The second kappa shape index (κ2) is 8.14. The van der Waals surface area contributed by atoms with Crippen LogP contribution in [0.2, 0.25) is 0 Å². The Balaban J connectivity index is 1.42. The van der Waals surface area contributed by atoms with Gasteiger partial charge in [-0.25, -0.2) is 4.57 Å². The van der Waals surface area contributed by atoms with Gasteiger partial charge in [0.15, 0.2) is 10.9 Å². The molecule has 3 aromatic carbocycles. The van der Waals surface area contributed by atoms with Crippen molar-refractivity contribution in [1.29, 1.82) is 0 Å². The van der Waals surface area contributed by atoms with Gasteiger partial charge in [0.1, 0.15) is 5.75 Å². The van der Waals surface area contributed by atoms with E-state index in [-0.39, 0.29) is 17.1 Å². The maximum Gasteiger partial charge on any atom is 0.267 e. The van der Waals surface area contributed by atoms with Crippen molar-refractivity contribution in [2.45, 2.75) is 18.5 Å². The van der Waals surface area contributed by atoms with Crippen molar-refractivity contribution in [3.05, 3.63) is 93.8 Å². The summed E-state index contributed by atoms with van der Waals surface area (Å²) in [6.07, 6.45) is 0.820.